The second kappa shape index (κ2) is 3.96. The van der Waals surface area contributed by atoms with Crippen LogP contribution >= 0.6 is 11.3 Å². The number of anilines is 1. The number of aryl methyl sites for hydroxylation is 1. The number of pyridine rings is 1. The molecule has 0 fully saturated rings. The van der Waals surface area contributed by atoms with Crippen LogP contribution in [0.2, 0.25) is 0 Å². The molecule has 3 rings (SSSR count). The first kappa shape index (κ1) is 10.5. The van der Waals surface area contributed by atoms with E-state index in [9.17, 15) is 4.79 Å². The summed E-state index contributed by atoms with van der Waals surface area (Å²) in [4.78, 5) is 17.6. The molecule has 0 bridgehead atoms. The minimum absolute atomic E-state index is 0.0318. The maximum absolute atomic E-state index is 12.4. The average Bonchev–Trinajstić information content (AvgIpc) is 2.89. The second-order valence-corrected chi connectivity index (χ2v) is 5.30. The number of thiophene rings is 1. The lowest BCUT2D eigenvalue weighted by Crippen LogP contribution is -2.05. The van der Waals surface area contributed by atoms with E-state index in [1.54, 1.807) is 35.9 Å². The third-order valence-electron chi connectivity index (χ3n) is 3.12. The van der Waals surface area contributed by atoms with E-state index in [0.717, 1.165) is 24.8 Å². The highest BCUT2D eigenvalue weighted by molar-refractivity contribution is 7.16. The molecule has 0 atom stereocenters. The van der Waals surface area contributed by atoms with Gasteiger partial charge in [-0.3, -0.25) is 9.78 Å². The molecule has 1 aliphatic rings. The maximum atomic E-state index is 12.4. The normalized spacial score (nSPS) is 13.6. The summed E-state index contributed by atoms with van der Waals surface area (Å²) in [5.41, 5.74) is 8.54. The Kier molecular flexibility index (Phi) is 2.44. The highest BCUT2D eigenvalue weighted by atomic mass is 32.1. The summed E-state index contributed by atoms with van der Waals surface area (Å²) in [6.45, 7) is 0. The van der Waals surface area contributed by atoms with Gasteiger partial charge < -0.3 is 5.73 Å². The summed E-state index contributed by atoms with van der Waals surface area (Å²) >= 11 is 1.57. The van der Waals surface area contributed by atoms with Gasteiger partial charge in [0.1, 0.15) is 0 Å². The largest absolute Gasteiger partial charge is 0.390 e. The number of aromatic nitrogens is 1. The van der Waals surface area contributed by atoms with Crippen molar-refractivity contribution in [2.24, 2.45) is 0 Å². The number of hydrogen-bond donors (Lipinski definition) is 1. The fourth-order valence-electron chi connectivity index (χ4n) is 2.32. The Bertz CT molecular complexity index is 575. The molecule has 2 aromatic heterocycles. The van der Waals surface area contributed by atoms with E-state index in [-0.39, 0.29) is 5.78 Å². The zero-order valence-electron chi connectivity index (χ0n) is 9.27. The molecule has 86 valence electrons. The van der Waals surface area contributed by atoms with Crippen molar-refractivity contribution < 1.29 is 4.79 Å². The number of nitrogens with zero attached hydrogens (tertiary/aromatic N) is 1. The Labute approximate surface area is 103 Å². The first-order valence-corrected chi connectivity index (χ1v) is 6.44. The number of ketones is 1. The van der Waals surface area contributed by atoms with Gasteiger partial charge in [-0.2, -0.15) is 0 Å². The maximum Gasteiger partial charge on any atom is 0.196 e. The SMILES string of the molecule is Nc1sc2c(c1C(=O)c1ccncc1)CCC2. The van der Waals surface area contributed by atoms with E-state index in [1.165, 1.54) is 10.4 Å². The number of carbonyl (C=O) groups excluding carboxylic acids is 1. The second-order valence-electron chi connectivity index (χ2n) is 4.16. The number of fused-ring (bicyclic) bond motifs is 1. The summed E-state index contributed by atoms with van der Waals surface area (Å²) in [6, 6.07) is 3.47. The molecule has 2 heterocycles. The van der Waals surface area contributed by atoms with Gasteiger partial charge in [-0.15, -0.1) is 11.3 Å². The fraction of sp³-hybridized carbons (Fsp3) is 0.231. The van der Waals surface area contributed by atoms with Crippen LogP contribution in [0.4, 0.5) is 5.00 Å². The Hall–Kier alpha value is -1.68. The molecule has 0 saturated carbocycles. The third kappa shape index (κ3) is 1.65. The lowest BCUT2D eigenvalue weighted by molar-refractivity contribution is 0.103. The highest BCUT2D eigenvalue weighted by Gasteiger charge is 2.25. The number of nitrogen functional groups attached to an aromatic ring is 1. The lowest BCUT2D eigenvalue weighted by atomic mass is 10.0. The van der Waals surface area contributed by atoms with Crippen LogP contribution in [-0.4, -0.2) is 10.8 Å². The molecule has 3 nitrogen and oxygen atoms in total. The van der Waals surface area contributed by atoms with Crippen molar-refractivity contribution in [2.45, 2.75) is 19.3 Å². The molecule has 17 heavy (non-hydrogen) atoms. The average molecular weight is 244 g/mol. The predicted octanol–water partition coefficient (Wildman–Crippen LogP) is 2.45. The van der Waals surface area contributed by atoms with Crippen LogP contribution in [-0.2, 0) is 12.8 Å². The van der Waals surface area contributed by atoms with Crippen LogP contribution in [0.1, 0.15) is 32.8 Å². The number of rotatable bonds is 2. The quantitative estimate of drug-likeness (QED) is 0.825. The molecule has 0 aromatic carbocycles. The lowest BCUT2D eigenvalue weighted by Gasteiger charge is -2.02. The third-order valence-corrected chi connectivity index (χ3v) is 4.24. The van der Waals surface area contributed by atoms with Gasteiger partial charge in [0, 0.05) is 22.8 Å². The van der Waals surface area contributed by atoms with Crippen LogP contribution in [0.25, 0.3) is 0 Å². The van der Waals surface area contributed by atoms with Gasteiger partial charge in [-0.25, -0.2) is 0 Å². The van der Waals surface area contributed by atoms with Crippen molar-refractivity contribution in [2.75, 3.05) is 5.73 Å². The minimum Gasteiger partial charge on any atom is -0.390 e. The first-order chi connectivity index (χ1) is 8.27. The molecular weight excluding hydrogens is 232 g/mol. The van der Waals surface area contributed by atoms with Crippen molar-refractivity contribution in [3.8, 4) is 0 Å². The van der Waals surface area contributed by atoms with Crippen molar-refractivity contribution >= 4 is 22.1 Å². The molecule has 0 saturated heterocycles. The van der Waals surface area contributed by atoms with Gasteiger partial charge in [0.2, 0.25) is 0 Å². The van der Waals surface area contributed by atoms with E-state index < -0.39 is 0 Å². The van der Waals surface area contributed by atoms with Gasteiger partial charge in [0.25, 0.3) is 0 Å². The summed E-state index contributed by atoms with van der Waals surface area (Å²) in [5, 5.41) is 0.663. The summed E-state index contributed by atoms with van der Waals surface area (Å²) in [5.74, 6) is 0.0318. The molecule has 2 N–H and O–H groups in total. The topological polar surface area (TPSA) is 56.0 Å². The van der Waals surface area contributed by atoms with Gasteiger partial charge in [-0.05, 0) is 37.0 Å². The molecular formula is C13H12N2OS. The Morgan fingerprint density at radius 3 is 2.82 bits per heavy atom. The molecule has 0 aliphatic heterocycles. The predicted molar refractivity (Wildman–Crippen MR) is 68.4 cm³/mol. The minimum atomic E-state index is 0.0318. The summed E-state index contributed by atoms with van der Waals surface area (Å²) in [6.07, 6.45) is 6.45. The zero-order chi connectivity index (χ0) is 11.8. The van der Waals surface area contributed by atoms with E-state index in [4.69, 9.17) is 5.73 Å². The van der Waals surface area contributed by atoms with Crippen molar-refractivity contribution in [3.05, 3.63) is 46.1 Å². The summed E-state index contributed by atoms with van der Waals surface area (Å²) in [7, 11) is 0. The Balaban J connectivity index is 2.08. The monoisotopic (exact) mass is 244 g/mol. The fourth-order valence-corrected chi connectivity index (χ4v) is 3.48. The molecule has 0 spiro atoms. The van der Waals surface area contributed by atoms with Gasteiger partial charge >= 0.3 is 0 Å². The standard InChI is InChI=1S/C13H12N2OS/c14-13-11(9-2-1-3-10(9)17-13)12(16)8-4-6-15-7-5-8/h4-7H,1-3,14H2. The van der Waals surface area contributed by atoms with Gasteiger partial charge in [0.15, 0.2) is 5.78 Å². The van der Waals surface area contributed by atoms with Crippen molar-refractivity contribution in [1.29, 1.82) is 0 Å². The van der Waals surface area contributed by atoms with E-state index in [2.05, 4.69) is 4.98 Å². The first-order valence-electron chi connectivity index (χ1n) is 5.62. The van der Waals surface area contributed by atoms with Crippen LogP contribution < -0.4 is 5.73 Å². The highest BCUT2D eigenvalue weighted by Crippen LogP contribution is 2.38. The number of nitrogens with two attached hydrogens (primary N) is 1. The van der Waals surface area contributed by atoms with Crippen molar-refractivity contribution in [1.82, 2.24) is 4.98 Å². The van der Waals surface area contributed by atoms with Crippen molar-refractivity contribution in [3.63, 3.8) is 0 Å². The number of carbonyl (C=O) groups is 1. The van der Waals surface area contributed by atoms with Crippen LogP contribution in [0.15, 0.2) is 24.5 Å². The molecule has 0 amide bonds. The molecule has 1 aliphatic carbocycles. The number of hydrogen-bond acceptors (Lipinski definition) is 4. The smallest absolute Gasteiger partial charge is 0.196 e. The van der Waals surface area contributed by atoms with E-state index >= 15 is 0 Å². The zero-order valence-corrected chi connectivity index (χ0v) is 10.1. The van der Waals surface area contributed by atoms with E-state index in [0.29, 0.717) is 10.6 Å². The molecule has 0 unspecified atom stereocenters. The van der Waals surface area contributed by atoms with Crippen LogP contribution in [0.5, 0.6) is 0 Å². The molecule has 4 heteroatoms. The Morgan fingerprint density at radius 1 is 1.29 bits per heavy atom. The molecule has 0 radical (unpaired) electrons. The van der Waals surface area contributed by atoms with Crippen LogP contribution in [0.3, 0.4) is 0 Å². The van der Waals surface area contributed by atoms with Gasteiger partial charge in [-0.1, -0.05) is 0 Å². The van der Waals surface area contributed by atoms with E-state index in [1.807, 2.05) is 0 Å². The van der Waals surface area contributed by atoms with Crippen LogP contribution in [0, 0.1) is 0 Å². The summed E-state index contributed by atoms with van der Waals surface area (Å²) < 4.78 is 0. The Morgan fingerprint density at radius 2 is 2.06 bits per heavy atom. The molecule has 2 aromatic rings. The van der Waals surface area contributed by atoms with Gasteiger partial charge in [0.05, 0.1) is 10.6 Å².